The maximum Gasteiger partial charge on any atom is 0.306 e. The van der Waals surface area contributed by atoms with Gasteiger partial charge in [0.25, 0.3) is 0 Å². The average molecular weight is 396 g/mol. The molecule has 0 aliphatic rings. The van der Waals surface area contributed by atoms with Gasteiger partial charge in [-0.1, -0.05) is 42.5 Å². The lowest BCUT2D eigenvalue weighted by molar-refractivity contribution is -0.155. The summed E-state index contributed by atoms with van der Waals surface area (Å²) < 4.78 is 10.7. The molecule has 4 nitrogen and oxygen atoms in total. The van der Waals surface area contributed by atoms with Crippen molar-refractivity contribution in [1.29, 1.82) is 0 Å². The van der Waals surface area contributed by atoms with E-state index < -0.39 is 5.60 Å². The normalized spacial score (nSPS) is 12.7. The summed E-state index contributed by atoms with van der Waals surface area (Å²) in [7, 11) is 0. The van der Waals surface area contributed by atoms with Crippen molar-refractivity contribution in [3.8, 4) is 0 Å². The molecule has 2 aromatic carbocycles. The Morgan fingerprint density at radius 1 is 1.11 bits per heavy atom. The third-order valence-corrected chi connectivity index (χ3v) is 5.21. The Morgan fingerprint density at radius 3 is 2.57 bits per heavy atom. The molecular formula is C23H25NO3S. The Bertz CT molecular complexity index is 957. The third kappa shape index (κ3) is 5.49. The number of carbonyl (C=O) groups is 2. The van der Waals surface area contributed by atoms with E-state index in [0.29, 0.717) is 12.8 Å². The number of fused-ring (bicyclic) bond motifs is 1. The summed E-state index contributed by atoms with van der Waals surface area (Å²) in [6, 6.07) is 15.7. The number of hydrogen-bond donors (Lipinski definition) is 0. The molecule has 1 heterocycles. The van der Waals surface area contributed by atoms with E-state index in [1.165, 1.54) is 11.5 Å². The molecule has 0 radical (unpaired) electrons. The number of esters is 1. The number of Topliss-reactive ketones (excluding diaryl/α,β-unsaturated/α-hetero) is 1. The second-order valence-electron chi connectivity index (χ2n) is 7.93. The van der Waals surface area contributed by atoms with E-state index in [1.807, 2.05) is 75.5 Å². The summed E-state index contributed by atoms with van der Waals surface area (Å²) in [4.78, 5) is 25.3. The van der Waals surface area contributed by atoms with Gasteiger partial charge in [0.05, 0.1) is 4.70 Å². The number of hydrogen-bond acceptors (Lipinski definition) is 5. The maximum atomic E-state index is 13.1. The van der Waals surface area contributed by atoms with Crippen LogP contribution in [-0.4, -0.2) is 21.7 Å². The molecular weight excluding hydrogens is 370 g/mol. The Morgan fingerprint density at radius 2 is 1.86 bits per heavy atom. The fraction of sp³-hybridized carbons (Fsp3) is 0.348. The summed E-state index contributed by atoms with van der Waals surface area (Å²) in [5, 5.41) is 1.09. The fourth-order valence-electron chi connectivity index (χ4n) is 3.19. The zero-order valence-corrected chi connectivity index (χ0v) is 17.3. The van der Waals surface area contributed by atoms with E-state index in [2.05, 4.69) is 4.37 Å². The summed E-state index contributed by atoms with van der Waals surface area (Å²) >= 11 is 1.43. The van der Waals surface area contributed by atoms with Gasteiger partial charge in [-0.3, -0.25) is 9.59 Å². The minimum absolute atomic E-state index is 0.110. The summed E-state index contributed by atoms with van der Waals surface area (Å²) in [5.74, 6) is -0.489. The molecule has 0 aliphatic carbocycles. The van der Waals surface area contributed by atoms with Crippen LogP contribution in [0.1, 0.15) is 50.7 Å². The number of rotatable bonds is 7. The molecule has 1 atom stereocenters. The second-order valence-corrected chi connectivity index (χ2v) is 8.76. The van der Waals surface area contributed by atoms with Crippen molar-refractivity contribution < 1.29 is 14.3 Å². The lowest BCUT2D eigenvalue weighted by atomic mass is 9.87. The molecule has 3 aromatic rings. The molecule has 0 unspecified atom stereocenters. The summed E-state index contributed by atoms with van der Waals surface area (Å²) in [6.45, 7) is 5.54. The van der Waals surface area contributed by atoms with Crippen molar-refractivity contribution in [2.75, 3.05) is 0 Å². The van der Waals surface area contributed by atoms with E-state index in [9.17, 15) is 9.59 Å². The van der Waals surface area contributed by atoms with Crippen molar-refractivity contribution in [2.24, 2.45) is 0 Å². The molecule has 0 fully saturated rings. The van der Waals surface area contributed by atoms with Gasteiger partial charge in [0.1, 0.15) is 11.4 Å². The lowest BCUT2D eigenvalue weighted by Gasteiger charge is -2.21. The van der Waals surface area contributed by atoms with Gasteiger partial charge >= 0.3 is 5.97 Å². The number of ether oxygens (including phenoxy) is 1. The van der Waals surface area contributed by atoms with E-state index in [4.69, 9.17) is 4.74 Å². The van der Waals surface area contributed by atoms with Crippen molar-refractivity contribution in [3.05, 3.63) is 65.9 Å². The van der Waals surface area contributed by atoms with Crippen LogP contribution in [0.5, 0.6) is 0 Å². The number of nitrogens with zero attached hydrogens (tertiary/aromatic N) is 1. The Balaban J connectivity index is 1.74. The standard InChI is InChI=1S/C23H25NO3S/c1-23(2,3)27-22(26)12-11-19(17-7-5-4-6-8-17)20(25)13-16-9-10-18-15-24-28-21(18)14-16/h4-10,14-15,19H,11-13H2,1-3H3/t19-/m1/s1. The Kier molecular flexibility index (Phi) is 6.25. The van der Waals surface area contributed by atoms with Crippen LogP contribution in [0.25, 0.3) is 10.1 Å². The molecule has 1 aromatic heterocycles. The number of benzene rings is 2. The highest BCUT2D eigenvalue weighted by molar-refractivity contribution is 7.13. The minimum Gasteiger partial charge on any atom is -0.460 e. The van der Waals surface area contributed by atoms with Crippen molar-refractivity contribution in [2.45, 2.75) is 51.6 Å². The molecule has 28 heavy (non-hydrogen) atoms. The predicted octanol–water partition coefficient (Wildman–Crippen LogP) is 5.31. The van der Waals surface area contributed by atoms with E-state index in [-0.39, 0.29) is 24.1 Å². The zero-order valence-electron chi connectivity index (χ0n) is 16.5. The van der Waals surface area contributed by atoms with Crippen molar-refractivity contribution in [3.63, 3.8) is 0 Å². The zero-order chi connectivity index (χ0) is 20.1. The maximum absolute atomic E-state index is 13.1. The van der Waals surface area contributed by atoms with Crippen LogP contribution in [0.2, 0.25) is 0 Å². The van der Waals surface area contributed by atoms with E-state index >= 15 is 0 Å². The first-order valence-corrected chi connectivity index (χ1v) is 10.2. The van der Waals surface area contributed by atoms with Crippen LogP contribution >= 0.6 is 11.5 Å². The summed E-state index contributed by atoms with van der Waals surface area (Å²) in [5.41, 5.74) is 1.39. The molecule has 5 heteroatoms. The van der Waals surface area contributed by atoms with Gasteiger partial charge in [-0.05, 0) is 55.9 Å². The Hall–Kier alpha value is -2.53. The van der Waals surface area contributed by atoms with E-state index in [1.54, 1.807) is 0 Å². The highest BCUT2D eigenvalue weighted by atomic mass is 32.1. The lowest BCUT2D eigenvalue weighted by Crippen LogP contribution is -2.24. The quantitative estimate of drug-likeness (QED) is 0.509. The van der Waals surface area contributed by atoms with Crippen LogP contribution in [-0.2, 0) is 20.7 Å². The van der Waals surface area contributed by atoms with Gasteiger partial charge in [-0.25, -0.2) is 0 Å². The highest BCUT2D eigenvalue weighted by Gasteiger charge is 2.24. The molecule has 0 spiro atoms. The van der Waals surface area contributed by atoms with Crippen molar-refractivity contribution >= 4 is 33.4 Å². The van der Waals surface area contributed by atoms with Gasteiger partial charge in [0.2, 0.25) is 0 Å². The van der Waals surface area contributed by atoms with Gasteiger partial charge in [-0.15, -0.1) is 0 Å². The number of aromatic nitrogens is 1. The van der Waals surface area contributed by atoms with Crippen LogP contribution in [0.4, 0.5) is 0 Å². The third-order valence-electron chi connectivity index (χ3n) is 4.45. The van der Waals surface area contributed by atoms with Crippen LogP contribution in [0.15, 0.2) is 54.7 Å². The topological polar surface area (TPSA) is 56.3 Å². The highest BCUT2D eigenvalue weighted by Crippen LogP contribution is 2.26. The molecule has 0 amide bonds. The largest absolute Gasteiger partial charge is 0.460 e. The first kappa shape index (κ1) is 20.2. The van der Waals surface area contributed by atoms with Crippen LogP contribution < -0.4 is 0 Å². The van der Waals surface area contributed by atoms with Crippen LogP contribution in [0.3, 0.4) is 0 Å². The second kappa shape index (κ2) is 8.65. The molecule has 0 N–H and O–H groups in total. The molecule has 0 bridgehead atoms. The molecule has 0 saturated heterocycles. The number of carbonyl (C=O) groups excluding carboxylic acids is 2. The minimum atomic E-state index is -0.520. The Labute approximate surface area is 169 Å². The van der Waals surface area contributed by atoms with Gasteiger partial charge in [-0.2, -0.15) is 4.37 Å². The molecule has 3 rings (SSSR count). The molecule has 0 aliphatic heterocycles. The van der Waals surface area contributed by atoms with Crippen molar-refractivity contribution in [1.82, 2.24) is 4.37 Å². The smallest absolute Gasteiger partial charge is 0.306 e. The molecule has 0 saturated carbocycles. The van der Waals surface area contributed by atoms with Gasteiger partial charge < -0.3 is 4.74 Å². The van der Waals surface area contributed by atoms with Crippen LogP contribution in [0, 0.1) is 0 Å². The van der Waals surface area contributed by atoms with Gasteiger partial charge in [0.15, 0.2) is 0 Å². The first-order chi connectivity index (χ1) is 13.3. The van der Waals surface area contributed by atoms with Gasteiger partial charge in [0, 0.05) is 30.3 Å². The number of ketones is 1. The first-order valence-electron chi connectivity index (χ1n) is 9.45. The van der Waals surface area contributed by atoms with E-state index in [0.717, 1.165) is 21.2 Å². The average Bonchev–Trinajstić information content (AvgIpc) is 3.09. The monoisotopic (exact) mass is 395 g/mol. The SMILES string of the molecule is CC(C)(C)OC(=O)CC[C@@H](C(=O)Cc1ccc2cnsc2c1)c1ccccc1. The summed E-state index contributed by atoms with van der Waals surface area (Å²) in [6.07, 6.45) is 2.83. The predicted molar refractivity (Wildman–Crippen MR) is 113 cm³/mol. The molecule has 146 valence electrons. The fourth-order valence-corrected chi connectivity index (χ4v) is 3.90.